The Hall–Kier alpha value is -1.23. The summed E-state index contributed by atoms with van der Waals surface area (Å²) in [5.74, 6) is 0. The van der Waals surface area contributed by atoms with Crippen molar-refractivity contribution in [3.8, 4) is 10.6 Å². The van der Waals surface area contributed by atoms with Gasteiger partial charge in [0.2, 0.25) is 0 Å². The number of hydrogen-bond donors (Lipinski definition) is 1. The van der Waals surface area contributed by atoms with Crippen molar-refractivity contribution in [2.24, 2.45) is 5.73 Å². The first kappa shape index (κ1) is 17.1. The number of aryl methyl sites for hydroxylation is 1. The zero-order chi connectivity index (χ0) is 15.8. The SMILES string of the molecule is CCN(CC)CCCCc1ccc(-c2ncc(CN)s2)cc1. The maximum atomic E-state index is 5.64. The molecule has 0 spiro atoms. The van der Waals surface area contributed by atoms with Crippen LogP contribution in [0.15, 0.2) is 30.5 Å². The second-order valence-electron chi connectivity index (χ2n) is 5.52. The molecule has 0 bridgehead atoms. The first-order valence-corrected chi connectivity index (χ1v) is 9.04. The van der Waals surface area contributed by atoms with Crippen LogP contribution < -0.4 is 5.73 Å². The average molecular weight is 318 g/mol. The molecule has 22 heavy (non-hydrogen) atoms. The van der Waals surface area contributed by atoms with Crippen LogP contribution in [-0.2, 0) is 13.0 Å². The number of rotatable bonds is 9. The monoisotopic (exact) mass is 317 g/mol. The standard InChI is InChI=1S/C18H27N3S/c1-3-21(4-2)12-6-5-7-15-8-10-16(11-9-15)18-20-14-17(13-19)22-18/h8-11,14H,3-7,12-13,19H2,1-2H3. The van der Waals surface area contributed by atoms with Crippen LogP contribution in [0.3, 0.4) is 0 Å². The molecular formula is C18H27N3S. The molecule has 2 N–H and O–H groups in total. The normalized spacial score (nSPS) is 11.3. The Morgan fingerprint density at radius 1 is 1.09 bits per heavy atom. The predicted octanol–water partition coefficient (Wildman–Crippen LogP) is 3.93. The van der Waals surface area contributed by atoms with E-state index in [2.05, 4.69) is 48.0 Å². The number of thiazole rings is 1. The van der Waals surface area contributed by atoms with Crippen LogP contribution in [0.2, 0.25) is 0 Å². The second-order valence-corrected chi connectivity index (χ2v) is 6.63. The van der Waals surface area contributed by atoms with E-state index in [0.29, 0.717) is 6.54 Å². The Bertz CT molecular complexity index is 544. The molecule has 0 saturated carbocycles. The van der Waals surface area contributed by atoms with Gasteiger partial charge in [0, 0.05) is 23.2 Å². The smallest absolute Gasteiger partial charge is 0.123 e. The highest BCUT2D eigenvalue weighted by atomic mass is 32.1. The Labute approximate surface area is 138 Å². The molecule has 1 aromatic heterocycles. The molecule has 1 aromatic carbocycles. The molecule has 2 aromatic rings. The average Bonchev–Trinajstić information content (AvgIpc) is 3.05. The van der Waals surface area contributed by atoms with Gasteiger partial charge in [0.25, 0.3) is 0 Å². The first-order valence-electron chi connectivity index (χ1n) is 8.23. The van der Waals surface area contributed by atoms with Crippen LogP contribution in [0.25, 0.3) is 10.6 Å². The van der Waals surface area contributed by atoms with Gasteiger partial charge in [0.15, 0.2) is 0 Å². The molecule has 0 atom stereocenters. The van der Waals surface area contributed by atoms with Crippen LogP contribution in [0.5, 0.6) is 0 Å². The van der Waals surface area contributed by atoms with E-state index in [-0.39, 0.29) is 0 Å². The van der Waals surface area contributed by atoms with Crippen molar-refractivity contribution in [1.82, 2.24) is 9.88 Å². The van der Waals surface area contributed by atoms with Gasteiger partial charge in [-0.25, -0.2) is 4.98 Å². The number of benzene rings is 1. The second kappa shape index (κ2) is 9.03. The number of nitrogens with zero attached hydrogens (tertiary/aromatic N) is 2. The molecule has 2 rings (SSSR count). The Morgan fingerprint density at radius 3 is 2.41 bits per heavy atom. The van der Waals surface area contributed by atoms with Gasteiger partial charge in [-0.2, -0.15) is 0 Å². The summed E-state index contributed by atoms with van der Waals surface area (Å²) in [7, 11) is 0. The van der Waals surface area contributed by atoms with E-state index < -0.39 is 0 Å². The molecule has 4 heteroatoms. The highest BCUT2D eigenvalue weighted by molar-refractivity contribution is 7.15. The van der Waals surface area contributed by atoms with E-state index in [9.17, 15) is 0 Å². The van der Waals surface area contributed by atoms with E-state index in [4.69, 9.17) is 5.73 Å². The number of hydrogen-bond acceptors (Lipinski definition) is 4. The van der Waals surface area contributed by atoms with Gasteiger partial charge in [0.05, 0.1) is 0 Å². The van der Waals surface area contributed by atoms with Crippen LogP contribution in [0, 0.1) is 0 Å². The van der Waals surface area contributed by atoms with E-state index in [1.807, 2.05) is 6.20 Å². The Balaban J connectivity index is 1.82. The number of unbranched alkanes of at least 4 members (excludes halogenated alkanes) is 1. The lowest BCUT2D eigenvalue weighted by molar-refractivity contribution is 0.297. The molecule has 0 amide bonds. The summed E-state index contributed by atoms with van der Waals surface area (Å²) in [6.07, 6.45) is 5.56. The highest BCUT2D eigenvalue weighted by Crippen LogP contribution is 2.25. The minimum Gasteiger partial charge on any atom is -0.326 e. The molecular weight excluding hydrogens is 290 g/mol. The summed E-state index contributed by atoms with van der Waals surface area (Å²) in [5.41, 5.74) is 8.25. The van der Waals surface area contributed by atoms with Crippen molar-refractivity contribution in [3.63, 3.8) is 0 Å². The van der Waals surface area contributed by atoms with Crippen molar-refractivity contribution >= 4 is 11.3 Å². The maximum absolute atomic E-state index is 5.64. The fourth-order valence-electron chi connectivity index (χ4n) is 2.55. The minimum absolute atomic E-state index is 0.572. The van der Waals surface area contributed by atoms with E-state index in [1.165, 1.54) is 30.5 Å². The van der Waals surface area contributed by atoms with Crippen molar-refractivity contribution in [2.75, 3.05) is 19.6 Å². The number of aromatic nitrogens is 1. The van der Waals surface area contributed by atoms with Crippen LogP contribution in [0.4, 0.5) is 0 Å². The van der Waals surface area contributed by atoms with Crippen molar-refractivity contribution in [3.05, 3.63) is 40.9 Å². The van der Waals surface area contributed by atoms with Gasteiger partial charge in [-0.1, -0.05) is 38.1 Å². The molecule has 0 fully saturated rings. The molecule has 0 unspecified atom stereocenters. The summed E-state index contributed by atoms with van der Waals surface area (Å²) in [6.45, 7) is 8.57. The molecule has 3 nitrogen and oxygen atoms in total. The van der Waals surface area contributed by atoms with Gasteiger partial charge in [0.1, 0.15) is 5.01 Å². The zero-order valence-electron chi connectivity index (χ0n) is 13.7. The Kier molecular flexibility index (Phi) is 7.03. The van der Waals surface area contributed by atoms with Crippen LogP contribution in [-0.4, -0.2) is 29.5 Å². The predicted molar refractivity (Wildman–Crippen MR) is 96.2 cm³/mol. The van der Waals surface area contributed by atoms with Gasteiger partial charge in [-0.3, -0.25) is 0 Å². The molecule has 1 heterocycles. The molecule has 0 aliphatic rings. The summed E-state index contributed by atoms with van der Waals surface area (Å²) >= 11 is 1.68. The van der Waals surface area contributed by atoms with Gasteiger partial charge in [-0.05, 0) is 44.5 Å². The van der Waals surface area contributed by atoms with Gasteiger partial charge in [-0.15, -0.1) is 11.3 Å². The summed E-state index contributed by atoms with van der Waals surface area (Å²) in [4.78, 5) is 8.05. The fraction of sp³-hybridized carbons (Fsp3) is 0.500. The van der Waals surface area contributed by atoms with Crippen molar-refractivity contribution in [1.29, 1.82) is 0 Å². The minimum atomic E-state index is 0.572. The summed E-state index contributed by atoms with van der Waals surface area (Å²) in [5, 5.41) is 1.06. The molecule has 120 valence electrons. The lowest BCUT2D eigenvalue weighted by Gasteiger charge is -2.17. The quantitative estimate of drug-likeness (QED) is 0.712. The topological polar surface area (TPSA) is 42.2 Å². The molecule has 0 saturated heterocycles. The lowest BCUT2D eigenvalue weighted by Crippen LogP contribution is -2.23. The van der Waals surface area contributed by atoms with Crippen LogP contribution >= 0.6 is 11.3 Å². The van der Waals surface area contributed by atoms with Crippen molar-refractivity contribution < 1.29 is 0 Å². The molecule has 0 aliphatic carbocycles. The third-order valence-electron chi connectivity index (χ3n) is 4.04. The van der Waals surface area contributed by atoms with E-state index >= 15 is 0 Å². The summed E-state index contributed by atoms with van der Waals surface area (Å²) in [6, 6.07) is 8.82. The van der Waals surface area contributed by atoms with Gasteiger partial charge >= 0.3 is 0 Å². The lowest BCUT2D eigenvalue weighted by atomic mass is 10.1. The first-order chi connectivity index (χ1) is 10.8. The molecule has 0 aliphatic heterocycles. The number of nitrogens with two attached hydrogens (primary N) is 1. The highest BCUT2D eigenvalue weighted by Gasteiger charge is 2.04. The maximum Gasteiger partial charge on any atom is 0.123 e. The third-order valence-corrected chi connectivity index (χ3v) is 5.11. The summed E-state index contributed by atoms with van der Waals surface area (Å²) < 4.78 is 0. The van der Waals surface area contributed by atoms with Crippen LogP contribution in [0.1, 0.15) is 37.1 Å². The van der Waals surface area contributed by atoms with Crippen molar-refractivity contribution in [2.45, 2.75) is 39.7 Å². The molecule has 0 radical (unpaired) electrons. The van der Waals surface area contributed by atoms with E-state index in [1.54, 1.807) is 11.3 Å². The van der Waals surface area contributed by atoms with E-state index in [0.717, 1.165) is 29.4 Å². The largest absolute Gasteiger partial charge is 0.326 e. The zero-order valence-corrected chi connectivity index (χ0v) is 14.5. The Morgan fingerprint density at radius 2 is 1.82 bits per heavy atom. The third kappa shape index (κ3) is 4.90. The van der Waals surface area contributed by atoms with Gasteiger partial charge < -0.3 is 10.6 Å². The fourth-order valence-corrected chi connectivity index (χ4v) is 3.35.